The summed E-state index contributed by atoms with van der Waals surface area (Å²) in [5.41, 5.74) is 1.74. The third-order valence-corrected chi connectivity index (χ3v) is 3.32. The molecule has 1 aromatic heterocycles. The van der Waals surface area contributed by atoms with Gasteiger partial charge in [0.05, 0.1) is 5.69 Å². The monoisotopic (exact) mass is 332 g/mol. The highest BCUT2D eigenvalue weighted by atomic mass is 79.9. The van der Waals surface area contributed by atoms with Gasteiger partial charge in [0.25, 0.3) is 0 Å². The van der Waals surface area contributed by atoms with Crippen LogP contribution in [-0.2, 0) is 12.4 Å². The molecule has 3 nitrogen and oxygen atoms in total. The van der Waals surface area contributed by atoms with Crippen LogP contribution in [0.4, 0.5) is 4.39 Å². The van der Waals surface area contributed by atoms with Crippen molar-refractivity contribution in [1.82, 2.24) is 9.78 Å². The molecular formula is C12H11BrClFN2O. The number of nitrogens with zero attached hydrogens (tertiary/aromatic N) is 2. The number of hydrogen-bond acceptors (Lipinski definition) is 2. The van der Waals surface area contributed by atoms with Crippen LogP contribution in [0.3, 0.4) is 0 Å². The number of halogens is 3. The van der Waals surface area contributed by atoms with Crippen molar-refractivity contribution in [1.29, 1.82) is 0 Å². The summed E-state index contributed by atoms with van der Waals surface area (Å²) in [6.07, 6.45) is 0. The largest absolute Gasteiger partial charge is 0.436 e. The zero-order valence-electron chi connectivity index (χ0n) is 9.88. The topological polar surface area (TPSA) is 27.1 Å². The van der Waals surface area contributed by atoms with E-state index < -0.39 is 5.82 Å². The van der Waals surface area contributed by atoms with Gasteiger partial charge in [-0.1, -0.05) is 27.5 Å². The van der Waals surface area contributed by atoms with Gasteiger partial charge in [0.2, 0.25) is 5.88 Å². The van der Waals surface area contributed by atoms with Crippen molar-refractivity contribution in [2.45, 2.75) is 12.3 Å². The van der Waals surface area contributed by atoms with Gasteiger partial charge in [-0.2, -0.15) is 5.10 Å². The number of hydrogen-bond donors (Lipinski definition) is 0. The summed E-state index contributed by atoms with van der Waals surface area (Å²) >= 11 is 9.06. The quantitative estimate of drug-likeness (QED) is 0.787. The van der Waals surface area contributed by atoms with E-state index in [4.69, 9.17) is 16.3 Å². The van der Waals surface area contributed by atoms with E-state index in [9.17, 15) is 4.39 Å². The van der Waals surface area contributed by atoms with Gasteiger partial charge >= 0.3 is 0 Å². The predicted octanol–water partition coefficient (Wildman–Crippen LogP) is 4.21. The predicted molar refractivity (Wildman–Crippen MR) is 72.1 cm³/mol. The Morgan fingerprint density at radius 3 is 2.83 bits per heavy atom. The van der Waals surface area contributed by atoms with Crippen molar-refractivity contribution in [2.24, 2.45) is 7.05 Å². The standard InChI is InChI=1S/C12H11BrClFN2O/c1-7-9(6-13)12(17(2)16-7)18-11-4-3-8(14)5-10(11)15/h3-5H,6H2,1-2H3. The Bertz CT molecular complexity index is 586. The molecule has 96 valence electrons. The molecule has 0 unspecified atom stereocenters. The molecular weight excluding hydrogens is 322 g/mol. The zero-order valence-corrected chi connectivity index (χ0v) is 12.2. The Kier molecular flexibility index (Phi) is 3.92. The molecule has 0 aliphatic rings. The van der Waals surface area contributed by atoms with Gasteiger partial charge in [-0.05, 0) is 25.1 Å². The van der Waals surface area contributed by atoms with Crippen LogP contribution in [0.1, 0.15) is 11.3 Å². The number of rotatable bonds is 3. The van der Waals surface area contributed by atoms with Crippen LogP contribution in [0.5, 0.6) is 11.6 Å². The smallest absolute Gasteiger partial charge is 0.222 e. The molecule has 0 N–H and O–H groups in total. The van der Waals surface area contributed by atoms with Crippen molar-refractivity contribution >= 4 is 27.5 Å². The first-order valence-electron chi connectivity index (χ1n) is 5.24. The fraction of sp³-hybridized carbons (Fsp3) is 0.250. The van der Waals surface area contributed by atoms with Crippen LogP contribution >= 0.6 is 27.5 Å². The summed E-state index contributed by atoms with van der Waals surface area (Å²) in [5.74, 6) is 0.150. The Hall–Kier alpha value is -1.07. The number of alkyl halides is 1. The van der Waals surface area contributed by atoms with Gasteiger partial charge in [-0.15, -0.1) is 0 Å². The normalized spacial score (nSPS) is 10.7. The third-order valence-electron chi connectivity index (χ3n) is 2.52. The average molecular weight is 334 g/mol. The van der Waals surface area contributed by atoms with E-state index in [-0.39, 0.29) is 5.75 Å². The summed E-state index contributed by atoms with van der Waals surface area (Å²) in [6.45, 7) is 1.88. The highest BCUT2D eigenvalue weighted by Gasteiger charge is 2.16. The Morgan fingerprint density at radius 1 is 1.50 bits per heavy atom. The first-order chi connectivity index (χ1) is 8.52. The first kappa shape index (κ1) is 13.4. The minimum absolute atomic E-state index is 0.129. The molecule has 0 saturated carbocycles. The number of benzene rings is 1. The maximum atomic E-state index is 13.7. The second-order valence-electron chi connectivity index (χ2n) is 3.80. The lowest BCUT2D eigenvalue weighted by Crippen LogP contribution is -1.97. The van der Waals surface area contributed by atoms with E-state index in [1.54, 1.807) is 17.8 Å². The summed E-state index contributed by atoms with van der Waals surface area (Å²) in [6, 6.07) is 4.29. The SMILES string of the molecule is Cc1nn(C)c(Oc2ccc(Cl)cc2F)c1CBr. The molecule has 6 heteroatoms. The lowest BCUT2D eigenvalue weighted by Gasteiger charge is -2.08. The van der Waals surface area contributed by atoms with Crippen LogP contribution in [-0.4, -0.2) is 9.78 Å². The summed E-state index contributed by atoms with van der Waals surface area (Å²) in [7, 11) is 1.75. The molecule has 0 aliphatic heterocycles. The Balaban J connectivity index is 2.39. The van der Waals surface area contributed by atoms with Crippen LogP contribution in [0.25, 0.3) is 0 Å². The molecule has 0 atom stereocenters. The van der Waals surface area contributed by atoms with E-state index in [1.165, 1.54) is 12.1 Å². The van der Waals surface area contributed by atoms with E-state index in [0.29, 0.717) is 16.2 Å². The molecule has 0 aliphatic carbocycles. The van der Waals surface area contributed by atoms with Gasteiger partial charge in [-0.25, -0.2) is 9.07 Å². The minimum atomic E-state index is -0.498. The molecule has 0 spiro atoms. The van der Waals surface area contributed by atoms with Crippen molar-refractivity contribution in [3.8, 4) is 11.6 Å². The van der Waals surface area contributed by atoms with E-state index in [0.717, 1.165) is 11.3 Å². The van der Waals surface area contributed by atoms with Crippen LogP contribution in [0.15, 0.2) is 18.2 Å². The Morgan fingerprint density at radius 2 is 2.22 bits per heavy atom. The second kappa shape index (κ2) is 5.28. The molecule has 0 bridgehead atoms. The van der Waals surface area contributed by atoms with Crippen molar-refractivity contribution < 1.29 is 9.13 Å². The number of aryl methyl sites for hydroxylation is 2. The fourth-order valence-corrected chi connectivity index (χ4v) is 2.43. The highest BCUT2D eigenvalue weighted by molar-refractivity contribution is 9.08. The van der Waals surface area contributed by atoms with Gasteiger partial charge in [0.15, 0.2) is 11.6 Å². The highest BCUT2D eigenvalue weighted by Crippen LogP contribution is 2.31. The van der Waals surface area contributed by atoms with Gasteiger partial charge in [0.1, 0.15) is 0 Å². The van der Waals surface area contributed by atoms with E-state index >= 15 is 0 Å². The summed E-state index contributed by atoms with van der Waals surface area (Å²) in [5, 5.41) is 5.17. The van der Waals surface area contributed by atoms with E-state index in [1.807, 2.05) is 6.92 Å². The number of ether oxygens (including phenoxy) is 1. The number of aromatic nitrogens is 2. The second-order valence-corrected chi connectivity index (χ2v) is 4.80. The molecule has 2 rings (SSSR count). The summed E-state index contributed by atoms with van der Waals surface area (Å²) < 4.78 is 20.8. The van der Waals surface area contributed by atoms with Crippen LogP contribution in [0.2, 0.25) is 5.02 Å². The van der Waals surface area contributed by atoms with Gasteiger partial charge in [0, 0.05) is 23.0 Å². The third kappa shape index (κ3) is 2.52. The Labute approximate surface area is 118 Å². The first-order valence-corrected chi connectivity index (χ1v) is 6.74. The lowest BCUT2D eigenvalue weighted by molar-refractivity contribution is 0.401. The molecule has 1 heterocycles. The van der Waals surface area contributed by atoms with Crippen LogP contribution < -0.4 is 4.74 Å². The van der Waals surface area contributed by atoms with Crippen molar-refractivity contribution in [2.75, 3.05) is 0 Å². The molecule has 0 radical (unpaired) electrons. The molecule has 0 fully saturated rings. The molecule has 2 aromatic rings. The molecule has 0 saturated heterocycles. The molecule has 0 amide bonds. The minimum Gasteiger partial charge on any atom is -0.436 e. The zero-order chi connectivity index (χ0) is 13.3. The van der Waals surface area contributed by atoms with Crippen LogP contribution in [0, 0.1) is 12.7 Å². The molecule has 1 aromatic carbocycles. The lowest BCUT2D eigenvalue weighted by atomic mass is 10.3. The van der Waals surface area contributed by atoms with E-state index in [2.05, 4.69) is 21.0 Å². The average Bonchev–Trinajstić information content (AvgIpc) is 2.57. The molecule has 18 heavy (non-hydrogen) atoms. The van der Waals surface area contributed by atoms with Crippen molar-refractivity contribution in [3.05, 3.63) is 40.3 Å². The van der Waals surface area contributed by atoms with Crippen molar-refractivity contribution in [3.63, 3.8) is 0 Å². The van der Waals surface area contributed by atoms with Gasteiger partial charge in [-0.3, -0.25) is 0 Å². The summed E-state index contributed by atoms with van der Waals surface area (Å²) in [4.78, 5) is 0. The fourth-order valence-electron chi connectivity index (χ4n) is 1.62. The maximum Gasteiger partial charge on any atom is 0.222 e. The maximum absolute atomic E-state index is 13.7. The van der Waals surface area contributed by atoms with Gasteiger partial charge < -0.3 is 4.74 Å².